The SMILES string of the molecule is COc1ccc(CCn2ccc(C)n2)c(OC)c1.Cl. The highest BCUT2D eigenvalue weighted by atomic mass is 35.5. The summed E-state index contributed by atoms with van der Waals surface area (Å²) in [7, 11) is 3.33. The Hall–Kier alpha value is -1.68. The fourth-order valence-electron chi connectivity index (χ4n) is 1.88. The lowest BCUT2D eigenvalue weighted by molar-refractivity contribution is 0.390. The molecule has 1 heterocycles. The van der Waals surface area contributed by atoms with Gasteiger partial charge in [-0.1, -0.05) is 6.07 Å². The summed E-state index contributed by atoms with van der Waals surface area (Å²) in [6.07, 6.45) is 2.87. The molecule has 2 rings (SSSR count). The number of ether oxygens (including phenoxy) is 2. The van der Waals surface area contributed by atoms with Crippen molar-refractivity contribution in [3.8, 4) is 11.5 Å². The zero-order valence-electron chi connectivity index (χ0n) is 11.4. The molecule has 0 atom stereocenters. The van der Waals surface area contributed by atoms with Gasteiger partial charge in [-0.3, -0.25) is 4.68 Å². The minimum atomic E-state index is 0. The predicted molar refractivity (Wildman–Crippen MR) is 77.5 cm³/mol. The van der Waals surface area contributed by atoms with E-state index in [2.05, 4.69) is 5.10 Å². The first-order chi connectivity index (χ1) is 8.72. The van der Waals surface area contributed by atoms with Crippen LogP contribution in [0.1, 0.15) is 11.3 Å². The predicted octanol–water partition coefficient (Wildman–Crippen LogP) is 2.87. The molecule has 104 valence electrons. The molecule has 4 nitrogen and oxygen atoms in total. The average molecular weight is 283 g/mol. The largest absolute Gasteiger partial charge is 0.497 e. The maximum absolute atomic E-state index is 5.37. The zero-order chi connectivity index (χ0) is 13.0. The molecule has 1 aromatic heterocycles. The molecule has 0 aliphatic heterocycles. The molecule has 0 N–H and O–H groups in total. The smallest absolute Gasteiger partial charge is 0.125 e. The second-order valence-electron chi connectivity index (χ2n) is 4.15. The molecule has 19 heavy (non-hydrogen) atoms. The molecule has 2 aromatic rings. The number of nitrogens with zero attached hydrogens (tertiary/aromatic N) is 2. The lowest BCUT2D eigenvalue weighted by Crippen LogP contribution is -2.03. The second-order valence-corrected chi connectivity index (χ2v) is 4.15. The van der Waals surface area contributed by atoms with Crippen LogP contribution in [0, 0.1) is 6.92 Å². The lowest BCUT2D eigenvalue weighted by Gasteiger charge is -2.10. The summed E-state index contributed by atoms with van der Waals surface area (Å²) in [4.78, 5) is 0. The Balaban J connectivity index is 0.00000180. The van der Waals surface area contributed by atoms with Gasteiger partial charge < -0.3 is 9.47 Å². The fourth-order valence-corrected chi connectivity index (χ4v) is 1.88. The molecule has 0 saturated carbocycles. The molecule has 0 aliphatic rings. The molecular formula is C14H19ClN2O2. The van der Waals surface area contributed by atoms with E-state index < -0.39 is 0 Å². The number of benzene rings is 1. The van der Waals surface area contributed by atoms with E-state index in [1.807, 2.05) is 42.1 Å². The first kappa shape index (κ1) is 15.4. The van der Waals surface area contributed by atoms with Gasteiger partial charge >= 0.3 is 0 Å². The van der Waals surface area contributed by atoms with Crippen molar-refractivity contribution >= 4 is 12.4 Å². The summed E-state index contributed by atoms with van der Waals surface area (Å²) in [5.74, 6) is 1.67. The summed E-state index contributed by atoms with van der Waals surface area (Å²) in [6, 6.07) is 7.90. The minimum Gasteiger partial charge on any atom is -0.497 e. The first-order valence-electron chi connectivity index (χ1n) is 5.94. The van der Waals surface area contributed by atoms with Crippen molar-refractivity contribution in [3.05, 3.63) is 41.7 Å². The Morgan fingerprint density at radius 3 is 2.53 bits per heavy atom. The Morgan fingerprint density at radius 2 is 1.95 bits per heavy atom. The van der Waals surface area contributed by atoms with Crippen molar-refractivity contribution in [3.63, 3.8) is 0 Å². The molecule has 0 bridgehead atoms. The van der Waals surface area contributed by atoms with E-state index >= 15 is 0 Å². The van der Waals surface area contributed by atoms with Crippen molar-refractivity contribution in [2.45, 2.75) is 19.9 Å². The third-order valence-corrected chi connectivity index (χ3v) is 2.88. The molecule has 5 heteroatoms. The molecule has 0 amide bonds. The Labute approximate surface area is 119 Å². The molecular weight excluding hydrogens is 264 g/mol. The Morgan fingerprint density at radius 1 is 1.16 bits per heavy atom. The van der Waals surface area contributed by atoms with Crippen LogP contribution in [0.4, 0.5) is 0 Å². The van der Waals surface area contributed by atoms with E-state index in [1.54, 1.807) is 14.2 Å². The molecule has 0 saturated heterocycles. The van der Waals surface area contributed by atoms with Crippen LogP contribution in [-0.4, -0.2) is 24.0 Å². The monoisotopic (exact) mass is 282 g/mol. The lowest BCUT2D eigenvalue weighted by atomic mass is 10.1. The molecule has 0 unspecified atom stereocenters. The van der Waals surface area contributed by atoms with Crippen LogP contribution in [0.15, 0.2) is 30.5 Å². The highest BCUT2D eigenvalue weighted by molar-refractivity contribution is 5.85. The van der Waals surface area contributed by atoms with Crippen LogP contribution in [0.5, 0.6) is 11.5 Å². The zero-order valence-corrected chi connectivity index (χ0v) is 12.2. The highest BCUT2D eigenvalue weighted by Crippen LogP contribution is 2.25. The Bertz CT molecular complexity index is 526. The number of methoxy groups -OCH3 is 2. The standard InChI is InChI=1S/C14H18N2O2.ClH/c1-11-6-8-16(15-11)9-7-12-4-5-13(17-2)10-14(12)18-3;/h4-6,8,10H,7,9H2,1-3H3;1H. The topological polar surface area (TPSA) is 36.3 Å². The summed E-state index contributed by atoms with van der Waals surface area (Å²) >= 11 is 0. The van der Waals surface area contributed by atoms with Crippen molar-refractivity contribution < 1.29 is 9.47 Å². The summed E-state index contributed by atoms with van der Waals surface area (Å²) in [5.41, 5.74) is 2.20. The summed E-state index contributed by atoms with van der Waals surface area (Å²) in [5, 5.41) is 4.37. The fraction of sp³-hybridized carbons (Fsp3) is 0.357. The quantitative estimate of drug-likeness (QED) is 0.846. The highest BCUT2D eigenvalue weighted by Gasteiger charge is 2.05. The van der Waals surface area contributed by atoms with Gasteiger partial charge in [-0.15, -0.1) is 12.4 Å². The minimum absolute atomic E-state index is 0. The number of aromatic nitrogens is 2. The second kappa shape index (κ2) is 7.04. The number of rotatable bonds is 5. The maximum atomic E-state index is 5.37. The van der Waals surface area contributed by atoms with E-state index in [0.717, 1.165) is 35.7 Å². The molecule has 0 fully saturated rings. The summed E-state index contributed by atoms with van der Waals surface area (Å²) < 4.78 is 12.5. The van der Waals surface area contributed by atoms with Crippen LogP contribution >= 0.6 is 12.4 Å². The number of hydrogen-bond acceptors (Lipinski definition) is 3. The van der Waals surface area contributed by atoms with Gasteiger partial charge in [-0.25, -0.2) is 0 Å². The van der Waals surface area contributed by atoms with Crippen molar-refractivity contribution in [2.75, 3.05) is 14.2 Å². The number of aryl methyl sites for hydroxylation is 3. The molecule has 0 radical (unpaired) electrons. The van der Waals surface area contributed by atoms with Crippen LogP contribution < -0.4 is 9.47 Å². The van der Waals surface area contributed by atoms with Gasteiger partial charge in [-0.05, 0) is 31.0 Å². The van der Waals surface area contributed by atoms with E-state index in [1.165, 1.54) is 0 Å². The Kier molecular flexibility index (Phi) is 5.70. The maximum Gasteiger partial charge on any atom is 0.125 e. The summed E-state index contributed by atoms with van der Waals surface area (Å²) in [6.45, 7) is 2.83. The van der Waals surface area contributed by atoms with Crippen molar-refractivity contribution in [1.82, 2.24) is 9.78 Å². The first-order valence-corrected chi connectivity index (χ1v) is 5.94. The molecule has 0 aliphatic carbocycles. The molecule has 1 aromatic carbocycles. The van der Waals surface area contributed by atoms with Crippen LogP contribution in [-0.2, 0) is 13.0 Å². The van der Waals surface area contributed by atoms with Crippen LogP contribution in [0.2, 0.25) is 0 Å². The van der Waals surface area contributed by atoms with Gasteiger partial charge in [0.25, 0.3) is 0 Å². The van der Waals surface area contributed by atoms with Crippen LogP contribution in [0.3, 0.4) is 0 Å². The van der Waals surface area contributed by atoms with Crippen molar-refractivity contribution in [1.29, 1.82) is 0 Å². The normalized spacial score (nSPS) is 9.84. The van der Waals surface area contributed by atoms with Gasteiger partial charge in [-0.2, -0.15) is 5.10 Å². The van der Waals surface area contributed by atoms with E-state index in [-0.39, 0.29) is 12.4 Å². The van der Waals surface area contributed by atoms with Gasteiger partial charge in [0.05, 0.1) is 19.9 Å². The number of halogens is 1. The third kappa shape index (κ3) is 3.89. The molecule has 0 spiro atoms. The van der Waals surface area contributed by atoms with E-state index in [0.29, 0.717) is 0 Å². The van der Waals surface area contributed by atoms with Crippen molar-refractivity contribution in [2.24, 2.45) is 0 Å². The van der Waals surface area contributed by atoms with Gasteiger partial charge in [0.2, 0.25) is 0 Å². The average Bonchev–Trinajstić information content (AvgIpc) is 2.82. The van der Waals surface area contributed by atoms with E-state index in [9.17, 15) is 0 Å². The van der Waals surface area contributed by atoms with Gasteiger partial charge in [0.15, 0.2) is 0 Å². The number of hydrogen-bond donors (Lipinski definition) is 0. The third-order valence-electron chi connectivity index (χ3n) is 2.88. The van der Waals surface area contributed by atoms with E-state index in [4.69, 9.17) is 9.47 Å². The van der Waals surface area contributed by atoms with Gasteiger partial charge in [0.1, 0.15) is 11.5 Å². The van der Waals surface area contributed by atoms with Crippen LogP contribution in [0.25, 0.3) is 0 Å². The van der Waals surface area contributed by atoms with Gasteiger partial charge in [0, 0.05) is 18.8 Å².